The highest BCUT2D eigenvalue weighted by Crippen LogP contribution is 2.70. The lowest BCUT2D eigenvalue weighted by Gasteiger charge is -2.62. The van der Waals surface area contributed by atoms with Gasteiger partial charge in [-0.1, -0.05) is 25.5 Å². The van der Waals surface area contributed by atoms with Crippen molar-refractivity contribution >= 4 is 52.2 Å². The number of hydrogen-bond acceptors (Lipinski definition) is 14. The van der Waals surface area contributed by atoms with Gasteiger partial charge in [0.15, 0.2) is 29.6 Å². The molecule has 1 aromatic heterocycles. The number of fused-ring (bicyclic) bond motifs is 6. The van der Waals surface area contributed by atoms with Crippen molar-refractivity contribution in [2.45, 2.75) is 95.7 Å². The van der Waals surface area contributed by atoms with Crippen molar-refractivity contribution in [3.63, 3.8) is 0 Å². The van der Waals surface area contributed by atoms with E-state index < -0.39 is 112 Å². The van der Waals surface area contributed by atoms with Gasteiger partial charge in [0.1, 0.15) is 16.9 Å². The van der Waals surface area contributed by atoms with E-state index >= 15 is 8.78 Å². The van der Waals surface area contributed by atoms with Crippen molar-refractivity contribution in [3.05, 3.63) is 93.1 Å². The Morgan fingerprint density at radius 1 is 0.929 bits per heavy atom. The Morgan fingerprint density at radius 3 is 2.23 bits per heavy atom. The number of Topliss-reactive ketones (excluding diaryl/α,β-unsaturated/α-hetero) is 1. The Kier molecular flexibility index (Phi) is 12.1. The normalized spacial score (nSPS) is 31.2. The minimum atomic E-state index is -2.15. The summed E-state index contributed by atoms with van der Waals surface area (Å²) in [6.07, 6.45) is 5.47. The lowest BCUT2D eigenvalue weighted by Crippen LogP contribution is -2.69. The van der Waals surface area contributed by atoms with Crippen LogP contribution in [0.3, 0.4) is 0 Å². The molecule has 0 radical (unpaired) electrons. The number of aliphatic hydroxyl groups is 2. The number of rotatable bonds is 11. The fraction of sp³-hybridized carbons (Fsp3) is 0.510. The number of amides is 1. The molecule has 2 heterocycles. The molecule has 19 heteroatoms. The molecule has 2 unspecified atom stereocenters. The summed E-state index contributed by atoms with van der Waals surface area (Å²) in [7, 11) is 1.34. The number of benzene rings is 2. The number of methoxy groups -OCH3 is 1. The Labute approximate surface area is 400 Å². The number of carbonyl (C=O) groups is 6. The number of pyridine rings is 1. The Morgan fingerprint density at radius 2 is 1.60 bits per heavy atom. The molecule has 1 aliphatic heterocycles. The van der Waals surface area contributed by atoms with E-state index in [2.05, 4.69) is 0 Å². The van der Waals surface area contributed by atoms with Crippen molar-refractivity contribution in [1.29, 1.82) is 0 Å². The number of anilines is 1. The number of carbonyl (C=O) groups excluding carboxylic acids is 5. The molecule has 5 fully saturated rings. The van der Waals surface area contributed by atoms with Crippen LogP contribution in [-0.2, 0) is 23.8 Å². The lowest BCUT2D eigenvalue weighted by molar-refractivity contribution is -0.219. The van der Waals surface area contributed by atoms with Gasteiger partial charge < -0.3 is 48.6 Å². The van der Waals surface area contributed by atoms with Crippen LogP contribution in [0.4, 0.5) is 19.3 Å². The molecule has 70 heavy (non-hydrogen) atoms. The summed E-state index contributed by atoms with van der Waals surface area (Å²) in [6, 6.07) is 5.47. The minimum Gasteiger partial charge on any atom is -0.492 e. The molecular weight excluding hydrogens is 917 g/mol. The third kappa shape index (κ3) is 7.40. The van der Waals surface area contributed by atoms with Crippen LogP contribution in [0.1, 0.15) is 103 Å². The van der Waals surface area contributed by atoms with Crippen molar-refractivity contribution in [3.8, 4) is 5.75 Å². The molecule has 9 rings (SSSR count). The maximum Gasteiger partial charge on any atom is 0.413 e. The largest absolute Gasteiger partial charge is 0.492 e. The molecule has 5 aliphatic carbocycles. The van der Waals surface area contributed by atoms with Crippen LogP contribution in [-0.4, -0.2) is 124 Å². The number of hydrogen-bond donors (Lipinski definition) is 3. The molecule has 3 aromatic rings. The van der Waals surface area contributed by atoms with Crippen molar-refractivity contribution in [2.75, 3.05) is 45.0 Å². The van der Waals surface area contributed by atoms with Crippen LogP contribution >= 0.6 is 0 Å². The number of allylic oxidation sites excluding steroid dienone is 4. The fourth-order valence-electron chi connectivity index (χ4n) is 12.7. The number of ketones is 2. The van der Waals surface area contributed by atoms with Gasteiger partial charge in [0.25, 0.3) is 0 Å². The van der Waals surface area contributed by atoms with Gasteiger partial charge in [-0.05, 0) is 107 Å². The van der Waals surface area contributed by atoms with Gasteiger partial charge in [0.05, 0.1) is 35.2 Å². The fourth-order valence-corrected chi connectivity index (χ4v) is 12.7. The number of halogens is 2. The number of alkyl halides is 1. The zero-order valence-corrected chi connectivity index (χ0v) is 39.4. The molecular formula is C51H55F2N3O14. The molecule has 372 valence electrons. The summed E-state index contributed by atoms with van der Waals surface area (Å²) in [5.74, 6) is -6.89. The number of aromatic carboxylic acids is 1. The Bertz CT molecular complexity index is 2860. The number of piperazine rings is 1. The standard InChI is InChI=1S/C51H55F2N3O14/c1-26-18-36-35-13-10-30-19-32(57)14-15-48(30,3)50(35,53)38(58)21-49(36,4)51(26,66)39(59)24-68-45(63)28-6-8-29(9-7-28)46(64)69-25-70-47(65)55-17-16-54(22-27(55)2)41-37(52)20-33-40(43(41)67-5)56(31-11-12-31)23-34(42(33)60)44(61)62/h6-9,14-15,19-20,23,26-27,31,35-36,38,58,66H,10-13,16-18,21-22,24-25H2,1-5H3,(H,61,62)/t26-,27?,35?,36+,38+,48+,49+,50+,51+/m1/s1. The van der Waals surface area contributed by atoms with E-state index in [4.69, 9.17) is 18.9 Å². The second kappa shape index (κ2) is 17.4. The summed E-state index contributed by atoms with van der Waals surface area (Å²) >= 11 is 0. The predicted molar refractivity (Wildman–Crippen MR) is 245 cm³/mol. The van der Waals surface area contributed by atoms with Crippen molar-refractivity contribution < 1.29 is 71.8 Å². The molecule has 9 atom stereocenters. The number of carboxylic acids is 1. The number of ether oxygens (including phenoxy) is 4. The first kappa shape index (κ1) is 48.5. The van der Waals surface area contributed by atoms with Crippen LogP contribution in [0.2, 0.25) is 0 Å². The second-order valence-electron chi connectivity index (χ2n) is 20.1. The highest BCUT2D eigenvalue weighted by Gasteiger charge is 2.75. The maximum atomic E-state index is 17.5. The highest BCUT2D eigenvalue weighted by molar-refractivity contribution is 6.01. The molecule has 17 nitrogen and oxygen atoms in total. The van der Waals surface area contributed by atoms with E-state index in [9.17, 15) is 48.9 Å². The number of esters is 2. The lowest BCUT2D eigenvalue weighted by atomic mass is 9.44. The van der Waals surface area contributed by atoms with E-state index in [0.29, 0.717) is 24.8 Å². The second-order valence-corrected chi connectivity index (χ2v) is 20.1. The smallest absolute Gasteiger partial charge is 0.413 e. The highest BCUT2D eigenvalue weighted by atomic mass is 19.1. The minimum absolute atomic E-state index is 0.00865. The number of aliphatic hydroxyl groups excluding tert-OH is 1. The van der Waals surface area contributed by atoms with Gasteiger partial charge in [-0.25, -0.2) is 28.0 Å². The SMILES string of the molecule is COc1c(N2CCN(C(=O)OCOC(=O)c3ccc(C(=O)OCC(=O)[C@@]4(O)[C@H](C)C[C@H]5C6CCC7=CC(=O)C=C[C@]7(C)[C@@]6(F)[C@@H](O)C[C@@]54C)cc3)C(C)C2)c(F)cc2c(=O)c(C(=O)O)cn(C3CC3)c12. The van der Waals surface area contributed by atoms with Crippen LogP contribution in [0.25, 0.3) is 10.9 Å². The number of carboxylic acid groups (broad SMARTS) is 1. The van der Waals surface area contributed by atoms with Gasteiger partial charge in [0.2, 0.25) is 18.0 Å². The quantitative estimate of drug-likeness (QED) is 0.154. The van der Waals surface area contributed by atoms with E-state index in [1.807, 2.05) is 0 Å². The molecule has 6 aliphatic rings. The first-order valence-electron chi connectivity index (χ1n) is 23.5. The summed E-state index contributed by atoms with van der Waals surface area (Å²) in [4.78, 5) is 93.4. The van der Waals surface area contributed by atoms with Crippen LogP contribution in [0.5, 0.6) is 5.75 Å². The first-order valence-corrected chi connectivity index (χ1v) is 23.5. The molecule has 0 spiro atoms. The zero-order chi connectivity index (χ0) is 50.4. The van der Waals surface area contributed by atoms with Crippen LogP contribution in [0, 0.1) is 34.4 Å². The van der Waals surface area contributed by atoms with Crippen LogP contribution < -0.4 is 15.1 Å². The van der Waals surface area contributed by atoms with Gasteiger partial charge in [-0.3, -0.25) is 14.4 Å². The topological polar surface area (TPSA) is 229 Å². The molecule has 1 saturated heterocycles. The van der Waals surface area contributed by atoms with E-state index in [1.54, 1.807) is 37.2 Å². The first-order chi connectivity index (χ1) is 33.1. The van der Waals surface area contributed by atoms with E-state index in [0.717, 1.165) is 18.9 Å². The van der Waals surface area contributed by atoms with Crippen molar-refractivity contribution in [2.24, 2.45) is 28.6 Å². The number of nitrogens with zero attached hydrogens (tertiary/aromatic N) is 3. The summed E-state index contributed by atoms with van der Waals surface area (Å²) < 4.78 is 56.6. The maximum absolute atomic E-state index is 17.5. The third-order valence-electron chi connectivity index (χ3n) is 16.5. The van der Waals surface area contributed by atoms with Crippen LogP contribution in [0.15, 0.2) is 65.1 Å². The summed E-state index contributed by atoms with van der Waals surface area (Å²) in [5.41, 5.74) is -7.10. The molecule has 2 aromatic carbocycles. The summed E-state index contributed by atoms with van der Waals surface area (Å²) in [6.45, 7) is 5.50. The number of aromatic nitrogens is 1. The van der Waals surface area contributed by atoms with E-state index in [-0.39, 0.29) is 71.3 Å². The third-order valence-corrected chi connectivity index (χ3v) is 16.5. The average Bonchev–Trinajstić information content (AvgIpc) is 4.15. The van der Waals surface area contributed by atoms with Gasteiger partial charge in [-0.2, -0.15) is 0 Å². The van der Waals surface area contributed by atoms with Gasteiger partial charge in [0, 0.05) is 54.7 Å². The molecule has 3 N–H and O–H groups in total. The van der Waals surface area contributed by atoms with Crippen molar-refractivity contribution in [1.82, 2.24) is 9.47 Å². The molecule has 1 amide bonds. The average molecular weight is 972 g/mol. The monoisotopic (exact) mass is 971 g/mol. The Balaban J connectivity index is 0.780. The van der Waals surface area contributed by atoms with E-state index in [1.165, 1.54) is 60.7 Å². The predicted octanol–water partition coefficient (Wildman–Crippen LogP) is 5.72. The zero-order valence-electron chi connectivity index (χ0n) is 39.4. The van der Waals surface area contributed by atoms with Gasteiger partial charge >= 0.3 is 24.0 Å². The summed E-state index contributed by atoms with van der Waals surface area (Å²) in [5, 5.41) is 33.4. The molecule has 0 bridgehead atoms. The van der Waals surface area contributed by atoms with Gasteiger partial charge in [-0.15, -0.1) is 0 Å². The molecule has 4 saturated carbocycles. The Hall–Kier alpha value is -6.47.